The van der Waals surface area contributed by atoms with Crippen molar-refractivity contribution >= 4 is 17.5 Å². The van der Waals surface area contributed by atoms with Crippen molar-refractivity contribution in [2.75, 3.05) is 5.32 Å². The summed E-state index contributed by atoms with van der Waals surface area (Å²) in [6, 6.07) is 12.4. The number of carbonyl (C=O) groups excluding carboxylic acids is 2. The van der Waals surface area contributed by atoms with Gasteiger partial charge in [0, 0.05) is 18.1 Å². The molecular formula is C20H19N3O3. The minimum atomic E-state index is -0.672. The number of amides is 2. The van der Waals surface area contributed by atoms with E-state index < -0.39 is 6.04 Å². The zero-order chi connectivity index (χ0) is 18.4. The number of hydrogen-bond acceptors (Lipinski definition) is 4. The summed E-state index contributed by atoms with van der Waals surface area (Å²) in [5.41, 5.74) is 3.37. The monoisotopic (exact) mass is 349 g/mol. The maximum Gasteiger partial charge on any atom is 0.255 e. The number of nitrogens with zero attached hydrogens (tertiary/aromatic N) is 1. The van der Waals surface area contributed by atoms with Crippen molar-refractivity contribution in [1.82, 2.24) is 10.3 Å². The Labute approximate surface area is 151 Å². The first-order valence-corrected chi connectivity index (χ1v) is 8.23. The van der Waals surface area contributed by atoms with Gasteiger partial charge in [-0.1, -0.05) is 12.1 Å². The Kier molecular flexibility index (Phi) is 5.43. The summed E-state index contributed by atoms with van der Waals surface area (Å²) in [6.07, 6.45) is 7.08. The summed E-state index contributed by atoms with van der Waals surface area (Å²) >= 11 is 0. The third kappa shape index (κ3) is 4.57. The van der Waals surface area contributed by atoms with Gasteiger partial charge >= 0.3 is 0 Å². The predicted molar refractivity (Wildman–Crippen MR) is 97.8 cm³/mol. The molecule has 0 aliphatic rings. The zero-order valence-corrected chi connectivity index (χ0v) is 14.3. The minimum Gasteiger partial charge on any atom is -0.472 e. The molecule has 0 aliphatic heterocycles. The summed E-state index contributed by atoms with van der Waals surface area (Å²) in [5, 5.41) is 5.43. The van der Waals surface area contributed by atoms with E-state index in [1.807, 2.05) is 36.4 Å². The van der Waals surface area contributed by atoms with Gasteiger partial charge in [-0.2, -0.15) is 0 Å². The molecule has 132 valence electrons. The van der Waals surface area contributed by atoms with E-state index in [0.29, 0.717) is 11.3 Å². The Morgan fingerprint density at radius 3 is 2.38 bits per heavy atom. The third-order valence-electron chi connectivity index (χ3n) is 3.90. The molecule has 1 aromatic carbocycles. The first-order chi connectivity index (χ1) is 12.6. The second kappa shape index (κ2) is 8.11. The smallest absolute Gasteiger partial charge is 0.255 e. The van der Waals surface area contributed by atoms with E-state index >= 15 is 0 Å². The number of nitrogens with one attached hydrogen (secondary N) is 2. The van der Waals surface area contributed by atoms with Crippen molar-refractivity contribution < 1.29 is 14.0 Å². The van der Waals surface area contributed by atoms with Crippen LogP contribution in [0.25, 0.3) is 0 Å². The van der Waals surface area contributed by atoms with Gasteiger partial charge in [0.25, 0.3) is 5.91 Å². The van der Waals surface area contributed by atoms with E-state index in [9.17, 15) is 9.59 Å². The normalized spacial score (nSPS) is 11.6. The number of carbonyl (C=O) groups is 2. The highest BCUT2D eigenvalue weighted by molar-refractivity contribution is 6.00. The van der Waals surface area contributed by atoms with Crippen molar-refractivity contribution in [2.24, 2.45) is 0 Å². The molecule has 3 aromatic rings. The van der Waals surface area contributed by atoms with Crippen LogP contribution in [0.5, 0.6) is 0 Å². The zero-order valence-electron chi connectivity index (χ0n) is 14.3. The number of rotatable bonds is 6. The minimum absolute atomic E-state index is 0.288. The van der Waals surface area contributed by atoms with E-state index in [1.54, 1.807) is 25.4 Å². The summed E-state index contributed by atoms with van der Waals surface area (Å²) in [6.45, 7) is 1.63. The summed E-state index contributed by atoms with van der Waals surface area (Å²) in [5.74, 6) is -0.641. The van der Waals surface area contributed by atoms with Crippen LogP contribution in [-0.2, 0) is 11.2 Å². The van der Waals surface area contributed by atoms with E-state index in [-0.39, 0.29) is 11.8 Å². The maximum absolute atomic E-state index is 12.2. The number of pyridine rings is 1. The lowest BCUT2D eigenvalue weighted by Gasteiger charge is -2.14. The van der Waals surface area contributed by atoms with Crippen LogP contribution in [0.15, 0.2) is 71.8 Å². The topological polar surface area (TPSA) is 84.2 Å². The lowest BCUT2D eigenvalue weighted by Crippen LogP contribution is -2.41. The van der Waals surface area contributed by atoms with Crippen molar-refractivity contribution in [3.8, 4) is 0 Å². The standard InChI is InChI=1S/C20H19N3O3/c1-14(22-20(25)17-8-11-26-13-17)19(24)23-18-4-2-15(3-5-18)12-16-6-9-21-10-7-16/h2-11,13-14H,12H2,1H3,(H,22,25)(H,23,24)/t14-/m1/s1. The first-order valence-electron chi connectivity index (χ1n) is 8.23. The Bertz CT molecular complexity index is 859. The van der Waals surface area contributed by atoms with Gasteiger partial charge in [-0.3, -0.25) is 14.6 Å². The lowest BCUT2D eigenvalue weighted by atomic mass is 10.1. The van der Waals surface area contributed by atoms with Crippen LogP contribution in [0.1, 0.15) is 28.4 Å². The van der Waals surface area contributed by atoms with Crippen molar-refractivity contribution in [1.29, 1.82) is 0 Å². The van der Waals surface area contributed by atoms with Gasteiger partial charge in [-0.15, -0.1) is 0 Å². The molecule has 0 aliphatic carbocycles. The van der Waals surface area contributed by atoms with Crippen LogP contribution < -0.4 is 10.6 Å². The fraction of sp³-hybridized carbons (Fsp3) is 0.150. The van der Waals surface area contributed by atoms with Gasteiger partial charge in [-0.05, 0) is 54.8 Å². The quantitative estimate of drug-likeness (QED) is 0.716. The second-order valence-electron chi connectivity index (χ2n) is 5.93. The molecule has 2 N–H and O–H groups in total. The molecule has 0 spiro atoms. The van der Waals surface area contributed by atoms with Gasteiger partial charge in [0.1, 0.15) is 12.3 Å². The molecule has 0 radical (unpaired) electrons. The van der Waals surface area contributed by atoms with Crippen molar-refractivity contribution in [3.63, 3.8) is 0 Å². The second-order valence-corrected chi connectivity index (χ2v) is 5.93. The molecule has 2 aromatic heterocycles. The van der Waals surface area contributed by atoms with Crippen LogP contribution >= 0.6 is 0 Å². The highest BCUT2D eigenvalue weighted by atomic mass is 16.3. The molecule has 26 heavy (non-hydrogen) atoms. The van der Waals surface area contributed by atoms with Crippen molar-refractivity contribution in [3.05, 3.63) is 84.1 Å². The van der Waals surface area contributed by atoms with E-state index in [2.05, 4.69) is 15.6 Å². The van der Waals surface area contributed by atoms with E-state index in [4.69, 9.17) is 4.42 Å². The molecule has 0 saturated heterocycles. The SMILES string of the molecule is C[C@@H](NC(=O)c1ccoc1)C(=O)Nc1ccc(Cc2ccncc2)cc1. The molecule has 2 heterocycles. The molecule has 0 bridgehead atoms. The number of hydrogen-bond donors (Lipinski definition) is 2. The Morgan fingerprint density at radius 1 is 1.04 bits per heavy atom. The largest absolute Gasteiger partial charge is 0.472 e. The van der Waals surface area contributed by atoms with Gasteiger partial charge in [0.15, 0.2) is 0 Å². The van der Waals surface area contributed by atoms with Gasteiger partial charge in [0.05, 0.1) is 11.8 Å². The van der Waals surface area contributed by atoms with Gasteiger partial charge < -0.3 is 15.1 Å². The van der Waals surface area contributed by atoms with Crippen LogP contribution in [0.2, 0.25) is 0 Å². The van der Waals surface area contributed by atoms with Crippen molar-refractivity contribution in [2.45, 2.75) is 19.4 Å². The molecule has 3 rings (SSSR count). The predicted octanol–water partition coefficient (Wildman–Crippen LogP) is 3.02. The molecule has 6 nitrogen and oxygen atoms in total. The average molecular weight is 349 g/mol. The van der Waals surface area contributed by atoms with Crippen LogP contribution in [-0.4, -0.2) is 22.8 Å². The molecular weight excluding hydrogens is 330 g/mol. The fourth-order valence-electron chi connectivity index (χ4n) is 2.43. The first kappa shape index (κ1) is 17.4. The maximum atomic E-state index is 12.2. The van der Waals surface area contributed by atoms with Crippen LogP contribution in [0, 0.1) is 0 Å². The molecule has 0 unspecified atom stereocenters. The molecule has 6 heteroatoms. The summed E-state index contributed by atoms with van der Waals surface area (Å²) in [7, 11) is 0. The number of aromatic nitrogens is 1. The number of benzene rings is 1. The Balaban J connectivity index is 1.54. The third-order valence-corrected chi connectivity index (χ3v) is 3.90. The fourth-order valence-corrected chi connectivity index (χ4v) is 2.43. The van der Waals surface area contributed by atoms with Gasteiger partial charge in [-0.25, -0.2) is 0 Å². The highest BCUT2D eigenvalue weighted by Crippen LogP contribution is 2.13. The summed E-state index contributed by atoms with van der Waals surface area (Å²) < 4.78 is 4.86. The molecule has 1 atom stereocenters. The molecule has 0 saturated carbocycles. The molecule has 2 amide bonds. The van der Waals surface area contributed by atoms with Crippen LogP contribution in [0.3, 0.4) is 0 Å². The Morgan fingerprint density at radius 2 is 1.73 bits per heavy atom. The van der Waals surface area contributed by atoms with Crippen LogP contribution in [0.4, 0.5) is 5.69 Å². The highest BCUT2D eigenvalue weighted by Gasteiger charge is 2.17. The lowest BCUT2D eigenvalue weighted by molar-refractivity contribution is -0.117. The Hall–Kier alpha value is -3.41. The van der Waals surface area contributed by atoms with E-state index in [1.165, 1.54) is 18.1 Å². The number of furan rings is 1. The summed E-state index contributed by atoms with van der Waals surface area (Å²) in [4.78, 5) is 28.2. The molecule has 0 fully saturated rings. The van der Waals surface area contributed by atoms with E-state index in [0.717, 1.165) is 12.0 Å². The average Bonchev–Trinajstić information content (AvgIpc) is 3.19. The number of anilines is 1. The van der Waals surface area contributed by atoms with Gasteiger partial charge in [0.2, 0.25) is 5.91 Å².